The molecule has 164 valence electrons. The van der Waals surface area contributed by atoms with E-state index < -0.39 is 17.4 Å². The molecule has 2 aromatic rings. The largest absolute Gasteiger partial charge is 0.497 e. The van der Waals surface area contributed by atoms with Crippen molar-refractivity contribution in [3.05, 3.63) is 40.2 Å². The average Bonchev–Trinajstić information content (AvgIpc) is 2.73. The quantitative estimate of drug-likeness (QED) is 0.693. The lowest BCUT2D eigenvalue weighted by molar-refractivity contribution is -0.123. The predicted octanol–water partition coefficient (Wildman–Crippen LogP) is 2.61. The van der Waals surface area contributed by atoms with Crippen LogP contribution < -0.4 is 25.8 Å². The third kappa shape index (κ3) is 4.12. The average molecular weight is 425 g/mol. The molecule has 3 atom stereocenters. The summed E-state index contributed by atoms with van der Waals surface area (Å²) in [6.45, 7) is 4.19. The lowest BCUT2D eigenvalue weighted by Crippen LogP contribution is -2.46. The molecule has 0 aliphatic carbocycles. The molecule has 0 bridgehead atoms. The molecule has 9 heteroatoms. The number of piperidine rings is 1. The Morgan fingerprint density at radius 2 is 1.84 bits per heavy atom. The molecule has 3 heterocycles. The molecule has 2 aliphatic heterocycles. The normalized spacial score (nSPS) is 23.0. The van der Waals surface area contributed by atoms with Crippen LogP contribution >= 0.6 is 0 Å². The maximum Gasteiger partial charge on any atom is 0.258 e. The van der Waals surface area contributed by atoms with Crippen LogP contribution in [0.5, 0.6) is 5.75 Å². The molecule has 0 radical (unpaired) electrons. The van der Waals surface area contributed by atoms with Gasteiger partial charge in [-0.1, -0.05) is 0 Å². The second-order valence-electron chi connectivity index (χ2n) is 8.21. The van der Waals surface area contributed by atoms with Gasteiger partial charge in [-0.3, -0.25) is 19.4 Å². The molecule has 0 unspecified atom stereocenters. The van der Waals surface area contributed by atoms with Gasteiger partial charge in [-0.05, 0) is 57.4 Å². The zero-order valence-electron chi connectivity index (χ0n) is 17.9. The van der Waals surface area contributed by atoms with Gasteiger partial charge >= 0.3 is 0 Å². The minimum atomic E-state index is -0.924. The highest BCUT2D eigenvalue weighted by atomic mass is 16.5. The van der Waals surface area contributed by atoms with E-state index in [1.165, 1.54) is 0 Å². The van der Waals surface area contributed by atoms with E-state index in [1.807, 2.05) is 0 Å². The summed E-state index contributed by atoms with van der Waals surface area (Å²) in [4.78, 5) is 47.8. The summed E-state index contributed by atoms with van der Waals surface area (Å²) in [6, 6.07) is 7.28. The topological polar surface area (TPSA) is 116 Å². The standard InChI is InChI=1S/C22H27N5O4/c1-12-5-4-6-13(2)27(12)22-25-19-18(21(30)26-22)16(11-17(28)24-19)20(29)23-14-7-9-15(31-3)10-8-14/h7-10,12-13,16H,4-6,11H2,1-3H3,(H,23,29)(H2,24,25,26,28,30)/t12-,13+,16-/m1/s1. The summed E-state index contributed by atoms with van der Waals surface area (Å²) < 4.78 is 5.12. The number of nitrogens with one attached hydrogen (secondary N) is 3. The van der Waals surface area contributed by atoms with Crippen molar-refractivity contribution in [1.29, 1.82) is 0 Å². The van der Waals surface area contributed by atoms with Crippen molar-refractivity contribution in [3.63, 3.8) is 0 Å². The molecular formula is C22H27N5O4. The Hall–Kier alpha value is -3.36. The summed E-state index contributed by atoms with van der Waals surface area (Å²) >= 11 is 0. The first kappa shape index (κ1) is 20.9. The molecule has 0 saturated carbocycles. The number of carbonyl (C=O) groups is 2. The number of methoxy groups -OCH3 is 1. The van der Waals surface area contributed by atoms with E-state index in [-0.39, 0.29) is 35.8 Å². The fourth-order valence-electron chi connectivity index (χ4n) is 4.45. The van der Waals surface area contributed by atoms with Crippen molar-refractivity contribution in [1.82, 2.24) is 9.97 Å². The van der Waals surface area contributed by atoms with Crippen LogP contribution in [0.2, 0.25) is 0 Å². The fourth-order valence-corrected chi connectivity index (χ4v) is 4.45. The Morgan fingerprint density at radius 1 is 1.16 bits per heavy atom. The van der Waals surface area contributed by atoms with Crippen LogP contribution in [-0.2, 0) is 9.59 Å². The first-order valence-corrected chi connectivity index (χ1v) is 10.5. The van der Waals surface area contributed by atoms with Crippen LogP contribution in [0.4, 0.5) is 17.5 Å². The number of benzene rings is 1. The van der Waals surface area contributed by atoms with Crippen LogP contribution in [0.1, 0.15) is 51.0 Å². The van der Waals surface area contributed by atoms with E-state index >= 15 is 0 Å². The maximum absolute atomic E-state index is 13.0. The maximum atomic E-state index is 13.0. The zero-order chi connectivity index (χ0) is 22.1. The Morgan fingerprint density at radius 3 is 2.48 bits per heavy atom. The summed E-state index contributed by atoms with van der Waals surface area (Å²) in [6.07, 6.45) is 3.02. The molecule has 1 fully saturated rings. The Balaban J connectivity index is 1.65. The molecule has 1 aromatic heterocycles. The van der Waals surface area contributed by atoms with Crippen LogP contribution in [0.3, 0.4) is 0 Å². The molecule has 2 aliphatic rings. The van der Waals surface area contributed by atoms with Gasteiger partial charge in [0.1, 0.15) is 11.6 Å². The molecule has 3 N–H and O–H groups in total. The molecule has 31 heavy (non-hydrogen) atoms. The first-order chi connectivity index (χ1) is 14.9. The molecule has 1 aromatic carbocycles. The number of aromatic nitrogens is 2. The molecule has 0 spiro atoms. The molecular weight excluding hydrogens is 398 g/mol. The van der Waals surface area contributed by atoms with Crippen LogP contribution in [0, 0.1) is 0 Å². The first-order valence-electron chi connectivity index (χ1n) is 10.5. The highest BCUT2D eigenvalue weighted by molar-refractivity contribution is 6.04. The highest BCUT2D eigenvalue weighted by Gasteiger charge is 2.36. The second-order valence-corrected chi connectivity index (χ2v) is 8.21. The van der Waals surface area contributed by atoms with Crippen LogP contribution in [0.15, 0.2) is 29.1 Å². The lowest BCUT2D eigenvalue weighted by Gasteiger charge is -2.39. The Kier molecular flexibility index (Phi) is 5.67. The number of nitrogens with zero attached hydrogens (tertiary/aromatic N) is 2. The summed E-state index contributed by atoms with van der Waals surface area (Å²) in [5.74, 6) is -0.441. The van der Waals surface area contributed by atoms with Gasteiger partial charge in [-0.15, -0.1) is 0 Å². The van der Waals surface area contributed by atoms with Gasteiger partial charge in [0.25, 0.3) is 5.56 Å². The van der Waals surface area contributed by atoms with Gasteiger partial charge in [-0.2, -0.15) is 4.98 Å². The van der Waals surface area contributed by atoms with Gasteiger partial charge < -0.3 is 20.3 Å². The van der Waals surface area contributed by atoms with E-state index in [2.05, 4.69) is 39.3 Å². The summed E-state index contributed by atoms with van der Waals surface area (Å²) in [5.41, 5.74) is 0.335. The van der Waals surface area contributed by atoms with Crippen molar-refractivity contribution in [2.24, 2.45) is 0 Å². The molecule has 1 saturated heterocycles. The molecule has 9 nitrogen and oxygen atoms in total. The monoisotopic (exact) mass is 425 g/mol. The lowest BCUT2D eigenvalue weighted by atomic mass is 9.92. The van der Waals surface area contributed by atoms with Gasteiger partial charge in [0.15, 0.2) is 0 Å². The van der Waals surface area contributed by atoms with Crippen LogP contribution in [-0.4, -0.2) is 41.0 Å². The van der Waals surface area contributed by atoms with Gasteiger partial charge in [0.2, 0.25) is 17.8 Å². The van der Waals surface area contributed by atoms with Crippen molar-refractivity contribution in [3.8, 4) is 5.75 Å². The van der Waals surface area contributed by atoms with E-state index in [0.29, 0.717) is 17.4 Å². The third-order valence-corrected chi connectivity index (χ3v) is 6.05. The SMILES string of the molecule is COc1ccc(NC(=O)[C@@H]2CC(=O)Nc3nc(N4[C@H](C)CCC[C@@H]4C)[nH]c(=O)c32)cc1. The Bertz CT molecular complexity index is 1040. The number of hydrogen-bond acceptors (Lipinski definition) is 6. The summed E-state index contributed by atoms with van der Waals surface area (Å²) in [7, 11) is 1.56. The number of ether oxygens (including phenoxy) is 1. The van der Waals surface area contributed by atoms with Gasteiger partial charge in [0.05, 0.1) is 18.6 Å². The molecule has 2 amide bonds. The number of H-pyrrole nitrogens is 1. The minimum Gasteiger partial charge on any atom is -0.497 e. The Labute approximate surface area is 180 Å². The molecule has 4 rings (SSSR count). The zero-order valence-corrected chi connectivity index (χ0v) is 17.9. The number of hydrogen-bond donors (Lipinski definition) is 3. The number of fused-ring (bicyclic) bond motifs is 1. The minimum absolute atomic E-state index is 0.115. The van der Waals surface area contributed by atoms with E-state index in [1.54, 1.807) is 31.4 Å². The van der Waals surface area contributed by atoms with Crippen molar-refractivity contribution in [2.45, 2.75) is 57.5 Å². The smallest absolute Gasteiger partial charge is 0.258 e. The summed E-state index contributed by atoms with van der Waals surface area (Å²) in [5, 5.41) is 5.46. The van der Waals surface area contributed by atoms with Crippen LogP contribution in [0.25, 0.3) is 0 Å². The van der Waals surface area contributed by atoms with Crippen molar-refractivity contribution >= 4 is 29.3 Å². The fraction of sp³-hybridized carbons (Fsp3) is 0.455. The second kappa shape index (κ2) is 8.41. The number of rotatable bonds is 4. The van der Waals surface area contributed by atoms with Crippen molar-refractivity contribution < 1.29 is 14.3 Å². The van der Waals surface area contributed by atoms with E-state index in [9.17, 15) is 14.4 Å². The number of anilines is 3. The number of amides is 2. The third-order valence-electron chi connectivity index (χ3n) is 6.05. The van der Waals surface area contributed by atoms with Gasteiger partial charge in [-0.25, -0.2) is 0 Å². The highest BCUT2D eigenvalue weighted by Crippen LogP contribution is 2.32. The number of carbonyl (C=O) groups excluding carboxylic acids is 2. The van der Waals surface area contributed by atoms with E-state index in [0.717, 1.165) is 19.3 Å². The predicted molar refractivity (Wildman–Crippen MR) is 118 cm³/mol. The van der Waals surface area contributed by atoms with Crippen molar-refractivity contribution in [2.75, 3.05) is 22.6 Å². The van der Waals surface area contributed by atoms with Gasteiger partial charge in [0, 0.05) is 24.2 Å². The number of aromatic amines is 1. The van der Waals surface area contributed by atoms with E-state index in [4.69, 9.17) is 4.74 Å².